The van der Waals surface area contributed by atoms with E-state index in [2.05, 4.69) is 21.4 Å². The summed E-state index contributed by atoms with van der Waals surface area (Å²) in [6, 6.07) is 9.29. The number of carbonyl (C=O) groups excluding carboxylic acids is 2. The lowest BCUT2D eigenvalue weighted by atomic mass is 10.1. The fourth-order valence-electron chi connectivity index (χ4n) is 2.51. The molecule has 1 aliphatic rings. The van der Waals surface area contributed by atoms with E-state index < -0.39 is 17.6 Å². The van der Waals surface area contributed by atoms with E-state index in [-0.39, 0.29) is 16.3 Å². The maximum Gasteiger partial charge on any atom is 0.282 e. The summed E-state index contributed by atoms with van der Waals surface area (Å²) in [7, 11) is 3.83. The van der Waals surface area contributed by atoms with Crippen molar-refractivity contribution in [2.45, 2.75) is 0 Å². The zero-order valence-electron chi connectivity index (χ0n) is 13.9. The van der Waals surface area contributed by atoms with E-state index in [1.165, 1.54) is 18.2 Å². The maximum absolute atomic E-state index is 13.3. The van der Waals surface area contributed by atoms with Gasteiger partial charge >= 0.3 is 0 Å². The zero-order valence-corrected chi connectivity index (χ0v) is 16.2. The highest BCUT2D eigenvalue weighted by Gasteiger charge is 2.34. The fourth-order valence-corrected chi connectivity index (χ4v) is 3.43. The molecule has 0 bridgehead atoms. The Balaban J connectivity index is 1.92. The average Bonchev–Trinajstić information content (AvgIpc) is 2.85. The van der Waals surface area contributed by atoms with Gasteiger partial charge in [0.15, 0.2) is 0 Å². The minimum absolute atomic E-state index is 0.0186. The van der Waals surface area contributed by atoms with Crippen molar-refractivity contribution < 1.29 is 14.0 Å². The third kappa shape index (κ3) is 3.45. The van der Waals surface area contributed by atoms with Crippen LogP contribution in [0.1, 0.15) is 5.56 Å². The predicted octanol–water partition coefficient (Wildman–Crippen LogP) is 3.77. The van der Waals surface area contributed by atoms with Crippen molar-refractivity contribution in [3.63, 3.8) is 0 Å². The second kappa shape index (κ2) is 7.09. The molecule has 1 N–H and O–H groups in total. The molecule has 1 aliphatic heterocycles. The van der Waals surface area contributed by atoms with Crippen molar-refractivity contribution in [1.29, 1.82) is 0 Å². The minimum atomic E-state index is -0.602. The van der Waals surface area contributed by atoms with Gasteiger partial charge in [0.2, 0.25) is 0 Å². The Hall–Kier alpha value is -2.38. The third-order valence-electron chi connectivity index (χ3n) is 3.82. The van der Waals surface area contributed by atoms with Gasteiger partial charge in [-0.05, 0) is 57.9 Å². The molecule has 0 spiro atoms. The van der Waals surface area contributed by atoms with Crippen LogP contribution < -0.4 is 15.3 Å². The number of nitrogens with zero attached hydrogens (tertiary/aromatic N) is 2. The van der Waals surface area contributed by atoms with Gasteiger partial charge in [-0.2, -0.15) is 0 Å². The number of rotatable bonds is 3. The topological polar surface area (TPSA) is 52.7 Å². The summed E-state index contributed by atoms with van der Waals surface area (Å²) in [5, 5.41) is 0.910. The van der Waals surface area contributed by atoms with Gasteiger partial charge in [-0.15, -0.1) is 0 Å². The lowest BCUT2D eigenvalue weighted by Gasteiger charge is -2.15. The van der Waals surface area contributed by atoms with Crippen LogP contribution in [0.3, 0.4) is 0 Å². The SMILES string of the molecule is CN(C)c1ccc(/C=C2\C(=O)NN(c3ccc(F)c(Cl)c3)C2=O)cc1Br. The molecule has 1 fully saturated rings. The molecule has 5 nitrogen and oxygen atoms in total. The number of nitrogens with one attached hydrogen (secondary N) is 1. The first-order valence-electron chi connectivity index (χ1n) is 7.57. The van der Waals surface area contributed by atoms with Gasteiger partial charge in [0.25, 0.3) is 11.8 Å². The molecule has 0 saturated carbocycles. The van der Waals surface area contributed by atoms with E-state index in [0.29, 0.717) is 5.56 Å². The summed E-state index contributed by atoms with van der Waals surface area (Å²) >= 11 is 9.22. The summed E-state index contributed by atoms with van der Waals surface area (Å²) in [4.78, 5) is 26.7. The number of amides is 2. The molecule has 134 valence electrons. The largest absolute Gasteiger partial charge is 0.377 e. The van der Waals surface area contributed by atoms with Crippen LogP contribution in [0.2, 0.25) is 5.02 Å². The highest BCUT2D eigenvalue weighted by atomic mass is 79.9. The Bertz CT molecular complexity index is 946. The van der Waals surface area contributed by atoms with Gasteiger partial charge in [-0.25, -0.2) is 9.40 Å². The van der Waals surface area contributed by atoms with Crippen LogP contribution in [-0.4, -0.2) is 25.9 Å². The minimum Gasteiger partial charge on any atom is -0.377 e. The molecular weight excluding hydrogens is 425 g/mol. The Kier molecular flexibility index (Phi) is 5.02. The highest BCUT2D eigenvalue weighted by molar-refractivity contribution is 9.10. The zero-order chi connectivity index (χ0) is 19.0. The molecule has 0 aromatic heterocycles. The van der Waals surface area contributed by atoms with E-state index in [1.54, 1.807) is 0 Å². The van der Waals surface area contributed by atoms with Crippen LogP contribution in [0.15, 0.2) is 46.4 Å². The molecule has 2 amide bonds. The number of anilines is 2. The summed E-state index contributed by atoms with van der Waals surface area (Å²) in [5.74, 6) is -1.68. The molecular formula is C18H14BrClFN3O2. The lowest BCUT2D eigenvalue weighted by molar-refractivity contribution is -0.117. The molecule has 26 heavy (non-hydrogen) atoms. The monoisotopic (exact) mass is 437 g/mol. The van der Waals surface area contributed by atoms with Gasteiger partial charge in [0, 0.05) is 18.6 Å². The van der Waals surface area contributed by atoms with Gasteiger partial charge < -0.3 is 4.90 Å². The van der Waals surface area contributed by atoms with Crippen LogP contribution in [0.25, 0.3) is 6.08 Å². The average molecular weight is 439 g/mol. The van der Waals surface area contributed by atoms with E-state index in [0.717, 1.165) is 21.2 Å². The molecule has 2 aromatic rings. The van der Waals surface area contributed by atoms with Gasteiger partial charge in [-0.1, -0.05) is 17.7 Å². The highest BCUT2D eigenvalue weighted by Crippen LogP contribution is 2.29. The van der Waals surface area contributed by atoms with Crippen LogP contribution >= 0.6 is 27.5 Å². The van der Waals surface area contributed by atoms with Crippen molar-refractivity contribution in [1.82, 2.24) is 5.43 Å². The van der Waals surface area contributed by atoms with Crippen molar-refractivity contribution in [3.8, 4) is 0 Å². The summed E-state index contributed by atoms with van der Waals surface area (Å²) in [6.07, 6.45) is 1.51. The maximum atomic E-state index is 13.3. The first-order chi connectivity index (χ1) is 12.3. The van der Waals surface area contributed by atoms with Crippen LogP contribution in [0, 0.1) is 5.82 Å². The molecule has 2 aromatic carbocycles. The molecule has 3 rings (SSSR count). The van der Waals surface area contributed by atoms with Crippen molar-refractivity contribution >= 4 is 56.8 Å². The molecule has 1 saturated heterocycles. The van der Waals surface area contributed by atoms with Gasteiger partial charge in [0.1, 0.15) is 11.4 Å². The molecule has 0 radical (unpaired) electrons. The second-order valence-electron chi connectivity index (χ2n) is 5.84. The van der Waals surface area contributed by atoms with E-state index in [1.807, 2.05) is 37.2 Å². The number of hydrazine groups is 1. The van der Waals surface area contributed by atoms with E-state index >= 15 is 0 Å². The van der Waals surface area contributed by atoms with Crippen molar-refractivity contribution in [2.75, 3.05) is 24.0 Å². The smallest absolute Gasteiger partial charge is 0.282 e. The Morgan fingerprint density at radius 1 is 1.19 bits per heavy atom. The normalized spacial score (nSPS) is 15.6. The van der Waals surface area contributed by atoms with Gasteiger partial charge in [0.05, 0.1) is 16.4 Å². The van der Waals surface area contributed by atoms with E-state index in [4.69, 9.17) is 11.6 Å². The predicted molar refractivity (Wildman–Crippen MR) is 103 cm³/mol. The number of carbonyl (C=O) groups is 2. The number of hydrogen-bond donors (Lipinski definition) is 1. The fraction of sp³-hybridized carbons (Fsp3) is 0.111. The Morgan fingerprint density at radius 3 is 2.54 bits per heavy atom. The molecule has 1 heterocycles. The lowest BCUT2D eigenvalue weighted by Crippen LogP contribution is -2.35. The first-order valence-corrected chi connectivity index (χ1v) is 8.74. The van der Waals surface area contributed by atoms with E-state index in [9.17, 15) is 14.0 Å². The molecule has 8 heteroatoms. The third-order valence-corrected chi connectivity index (χ3v) is 4.74. The molecule has 0 atom stereocenters. The molecule has 0 unspecified atom stereocenters. The summed E-state index contributed by atoms with van der Waals surface area (Å²) in [5.41, 5.74) is 4.38. The summed E-state index contributed by atoms with van der Waals surface area (Å²) in [6.45, 7) is 0. The Morgan fingerprint density at radius 2 is 1.92 bits per heavy atom. The number of halogens is 3. The van der Waals surface area contributed by atoms with Crippen LogP contribution in [0.5, 0.6) is 0 Å². The first kappa shape index (κ1) is 18.4. The quantitative estimate of drug-likeness (QED) is 0.586. The molecule has 0 aliphatic carbocycles. The van der Waals surface area contributed by atoms with Gasteiger partial charge in [-0.3, -0.25) is 15.0 Å². The van der Waals surface area contributed by atoms with Crippen LogP contribution in [0.4, 0.5) is 15.8 Å². The number of hydrogen-bond acceptors (Lipinski definition) is 3. The van der Waals surface area contributed by atoms with Crippen molar-refractivity contribution in [3.05, 3.63) is 62.8 Å². The second-order valence-corrected chi connectivity index (χ2v) is 7.10. The van der Waals surface area contributed by atoms with Crippen LogP contribution in [-0.2, 0) is 9.59 Å². The standard InChI is InChI=1S/C18H14BrClFN3O2/c1-23(2)16-6-3-10(8-13(16)19)7-12-17(25)22-24(18(12)26)11-4-5-15(21)14(20)9-11/h3-9H,1-2H3,(H,22,25)/b12-7+. The Labute approximate surface area is 163 Å². The van der Waals surface area contributed by atoms with Crippen molar-refractivity contribution in [2.24, 2.45) is 0 Å². The number of benzene rings is 2. The summed E-state index contributed by atoms with van der Waals surface area (Å²) < 4.78 is 14.1.